The summed E-state index contributed by atoms with van der Waals surface area (Å²) in [6.45, 7) is 11.6. The minimum absolute atomic E-state index is 0.157. The maximum atomic E-state index is 15.1. The van der Waals surface area contributed by atoms with Crippen molar-refractivity contribution in [3.8, 4) is 12.3 Å². The molecule has 1 aliphatic rings. The second kappa shape index (κ2) is 9.36. The molecule has 1 aliphatic heterocycles. The molecule has 3 nitrogen and oxygen atoms in total. The Balaban J connectivity index is 2.69. The second-order valence-electron chi connectivity index (χ2n) is 7.02. The number of nitrogens with one attached hydrogen (secondary N) is 1. The lowest BCUT2D eigenvalue weighted by atomic mass is 9.93. The topological polar surface area (TPSA) is 27.6 Å². The first-order chi connectivity index (χ1) is 13.4. The molecule has 1 aromatic rings. The number of halogens is 2. The Morgan fingerprint density at radius 2 is 2.18 bits per heavy atom. The van der Waals surface area contributed by atoms with E-state index in [0.29, 0.717) is 5.56 Å². The Morgan fingerprint density at radius 3 is 2.75 bits per heavy atom. The molecule has 0 atom stereocenters. The lowest BCUT2D eigenvalue weighted by molar-refractivity contribution is 0.375. The van der Waals surface area contributed by atoms with Gasteiger partial charge in [-0.1, -0.05) is 24.8 Å². The zero-order valence-corrected chi connectivity index (χ0v) is 17.0. The van der Waals surface area contributed by atoms with Crippen molar-refractivity contribution < 1.29 is 8.87 Å². The molecule has 0 aliphatic carbocycles. The zero-order valence-electron chi connectivity index (χ0n) is 17.0. The van der Waals surface area contributed by atoms with Crippen LogP contribution >= 0.6 is 0 Å². The van der Waals surface area contributed by atoms with Crippen molar-refractivity contribution in [1.29, 1.82) is 0 Å². The minimum Gasteiger partial charge on any atom is -0.319 e. The SMILES string of the molecule is C#Cc1cc(C)c(C)c(N2CC(=C/N=C)/C(=C(\C)CCCC)C=C2NF)c1F. The van der Waals surface area contributed by atoms with Crippen LogP contribution in [-0.4, -0.2) is 13.3 Å². The molecule has 0 spiro atoms. The fraction of sp³-hybridized carbons (Fsp3) is 0.348. The van der Waals surface area contributed by atoms with Crippen LogP contribution in [0.4, 0.5) is 14.6 Å². The summed E-state index contributed by atoms with van der Waals surface area (Å²) in [6.07, 6.45) is 11.8. The van der Waals surface area contributed by atoms with E-state index in [-0.39, 0.29) is 23.6 Å². The van der Waals surface area contributed by atoms with Crippen LogP contribution in [0.3, 0.4) is 0 Å². The number of aryl methyl sites for hydroxylation is 1. The molecular formula is C23H27F2N3. The maximum Gasteiger partial charge on any atom is 0.162 e. The van der Waals surface area contributed by atoms with E-state index in [1.165, 1.54) is 0 Å². The van der Waals surface area contributed by atoms with E-state index in [9.17, 15) is 4.48 Å². The lowest BCUT2D eigenvalue weighted by Gasteiger charge is -2.34. The zero-order chi connectivity index (χ0) is 20.8. The van der Waals surface area contributed by atoms with Crippen molar-refractivity contribution in [2.75, 3.05) is 11.4 Å². The highest BCUT2D eigenvalue weighted by atomic mass is 19.2. The second-order valence-corrected chi connectivity index (χ2v) is 7.02. The van der Waals surface area contributed by atoms with Crippen LogP contribution in [0.5, 0.6) is 0 Å². The van der Waals surface area contributed by atoms with Gasteiger partial charge in [0.2, 0.25) is 0 Å². The highest BCUT2D eigenvalue weighted by Crippen LogP contribution is 2.36. The Labute approximate surface area is 166 Å². The van der Waals surface area contributed by atoms with Gasteiger partial charge in [0.05, 0.1) is 17.8 Å². The van der Waals surface area contributed by atoms with Gasteiger partial charge in [-0.2, -0.15) is 0 Å². The molecule has 0 fully saturated rings. The number of anilines is 1. The average Bonchev–Trinajstić information content (AvgIpc) is 2.69. The number of aliphatic imine (C=N–C) groups is 1. The average molecular weight is 383 g/mol. The molecule has 0 saturated carbocycles. The van der Waals surface area contributed by atoms with Crippen LogP contribution in [-0.2, 0) is 0 Å². The first kappa shape index (κ1) is 21.4. The van der Waals surface area contributed by atoms with Gasteiger partial charge in [-0.15, -0.1) is 10.9 Å². The van der Waals surface area contributed by atoms with Crippen molar-refractivity contribution in [1.82, 2.24) is 5.54 Å². The van der Waals surface area contributed by atoms with Crippen LogP contribution in [0.15, 0.2) is 45.9 Å². The quantitative estimate of drug-likeness (QED) is 0.390. The summed E-state index contributed by atoms with van der Waals surface area (Å²) in [5.41, 5.74) is 6.59. The number of hydrogen-bond donors (Lipinski definition) is 1. The summed E-state index contributed by atoms with van der Waals surface area (Å²) in [6, 6.07) is 1.63. The fourth-order valence-corrected chi connectivity index (χ4v) is 3.41. The Bertz CT molecular complexity index is 901. The number of unbranched alkanes of at least 4 members (excludes halogenated alkanes) is 1. The normalized spacial score (nSPS) is 17.2. The predicted molar refractivity (Wildman–Crippen MR) is 113 cm³/mol. The molecule has 0 amide bonds. The molecule has 0 saturated heterocycles. The number of hydrogen-bond acceptors (Lipinski definition) is 3. The van der Waals surface area contributed by atoms with Gasteiger partial charge < -0.3 is 4.90 Å². The van der Waals surface area contributed by atoms with Crippen LogP contribution in [0.2, 0.25) is 0 Å². The molecule has 2 rings (SSSR count). The minimum atomic E-state index is -0.534. The summed E-state index contributed by atoms with van der Waals surface area (Å²) in [7, 11) is 0. The van der Waals surface area contributed by atoms with Crippen LogP contribution in [0.25, 0.3) is 0 Å². The molecule has 0 unspecified atom stereocenters. The molecule has 148 valence electrons. The van der Waals surface area contributed by atoms with E-state index in [2.05, 4.69) is 24.6 Å². The van der Waals surface area contributed by atoms with E-state index < -0.39 is 5.82 Å². The smallest absolute Gasteiger partial charge is 0.162 e. The third-order valence-corrected chi connectivity index (χ3v) is 5.13. The van der Waals surface area contributed by atoms with Gasteiger partial charge in [0.15, 0.2) is 5.82 Å². The number of rotatable bonds is 6. The third-order valence-electron chi connectivity index (χ3n) is 5.13. The lowest BCUT2D eigenvalue weighted by Crippen LogP contribution is -2.35. The summed E-state index contributed by atoms with van der Waals surface area (Å²) < 4.78 is 28.9. The van der Waals surface area contributed by atoms with Gasteiger partial charge in [-0.3, -0.25) is 4.99 Å². The largest absolute Gasteiger partial charge is 0.319 e. The molecule has 5 heteroatoms. The van der Waals surface area contributed by atoms with E-state index in [0.717, 1.165) is 41.5 Å². The van der Waals surface area contributed by atoms with Gasteiger partial charge in [-0.05, 0) is 74.7 Å². The monoisotopic (exact) mass is 383 g/mol. The van der Waals surface area contributed by atoms with E-state index in [1.807, 2.05) is 13.8 Å². The molecule has 1 aromatic carbocycles. The van der Waals surface area contributed by atoms with Gasteiger partial charge in [-0.25, -0.2) is 9.93 Å². The summed E-state index contributed by atoms with van der Waals surface area (Å²) >= 11 is 0. The Morgan fingerprint density at radius 1 is 1.46 bits per heavy atom. The maximum absolute atomic E-state index is 15.1. The first-order valence-electron chi connectivity index (χ1n) is 9.36. The number of benzene rings is 1. The molecule has 0 bridgehead atoms. The van der Waals surface area contributed by atoms with E-state index in [1.54, 1.807) is 35.7 Å². The number of nitrogens with zero attached hydrogens (tertiary/aromatic N) is 2. The molecular weight excluding hydrogens is 356 g/mol. The molecule has 1 N–H and O–H groups in total. The van der Waals surface area contributed by atoms with Gasteiger partial charge in [0.1, 0.15) is 5.82 Å². The molecule has 0 aromatic heterocycles. The Kier molecular flexibility index (Phi) is 7.17. The van der Waals surface area contributed by atoms with Crippen molar-refractivity contribution >= 4 is 12.4 Å². The molecule has 0 radical (unpaired) electrons. The standard InChI is InChI=1S/C23H27F2N3/c1-7-9-10-15(3)20-12-21(27-25)28(14-19(20)13-26-6)23-17(5)16(4)11-18(8-2)22(23)24/h2,11-13,27H,6-7,9-10,14H2,1,3-5H3/b19-13-,20-15+. The van der Waals surface area contributed by atoms with Crippen LogP contribution in [0, 0.1) is 32.0 Å². The van der Waals surface area contributed by atoms with Crippen molar-refractivity contribution in [3.63, 3.8) is 0 Å². The fourth-order valence-electron chi connectivity index (χ4n) is 3.41. The van der Waals surface area contributed by atoms with Crippen molar-refractivity contribution in [3.05, 3.63) is 63.4 Å². The first-order valence-corrected chi connectivity index (χ1v) is 9.36. The van der Waals surface area contributed by atoms with Crippen LogP contribution in [0.1, 0.15) is 49.8 Å². The highest BCUT2D eigenvalue weighted by Gasteiger charge is 2.28. The van der Waals surface area contributed by atoms with E-state index in [4.69, 9.17) is 6.42 Å². The van der Waals surface area contributed by atoms with E-state index >= 15 is 4.39 Å². The molecule has 28 heavy (non-hydrogen) atoms. The van der Waals surface area contributed by atoms with Gasteiger partial charge >= 0.3 is 0 Å². The van der Waals surface area contributed by atoms with Crippen molar-refractivity contribution in [2.45, 2.75) is 47.0 Å². The predicted octanol–water partition coefficient (Wildman–Crippen LogP) is 5.65. The van der Waals surface area contributed by atoms with Crippen LogP contribution < -0.4 is 10.4 Å². The number of allylic oxidation sites excluding steroid dienone is 2. The molecule has 1 heterocycles. The van der Waals surface area contributed by atoms with Crippen molar-refractivity contribution in [2.24, 2.45) is 4.99 Å². The third kappa shape index (κ3) is 4.17. The summed E-state index contributed by atoms with van der Waals surface area (Å²) in [5, 5.41) is 0. The van der Waals surface area contributed by atoms with Gasteiger partial charge in [0, 0.05) is 6.20 Å². The summed E-state index contributed by atoms with van der Waals surface area (Å²) in [4.78, 5) is 5.47. The highest BCUT2D eigenvalue weighted by molar-refractivity contribution is 5.68. The number of terminal acetylenes is 1. The summed E-state index contributed by atoms with van der Waals surface area (Å²) in [5.74, 6) is 2.01. The van der Waals surface area contributed by atoms with Gasteiger partial charge in [0.25, 0.3) is 0 Å². The Hall–Kier alpha value is -2.87.